The topological polar surface area (TPSA) is 0 Å². The Bertz CT molecular complexity index is 535. The number of fused-ring (bicyclic) bond motifs is 1. The van der Waals surface area contributed by atoms with Crippen molar-refractivity contribution in [1.82, 2.24) is 0 Å². The van der Waals surface area contributed by atoms with Gasteiger partial charge in [-0.3, -0.25) is 0 Å². The molecule has 2 atom stereocenters. The first-order valence-electron chi connectivity index (χ1n) is 8.80. The average molecular weight is 311 g/mol. The molecule has 0 saturated heterocycles. The predicted molar refractivity (Wildman–Crippen MR) is 99.1 cm³/mol. The van der Waals surface area contributed by atoms with E-state index >= 15 is 0 Å². The van der Waals surface area contributed by atoms with Crippen LogP contribution in [0.25, 0.3) is 0 Å². The van der Waals surface area contributed by atoms with Gasteiger partial charge in [-0.25, -0.2) is 0 Å². The predicted octanol–water partition coefficient (Wildman–Crippen LogP) is 6.07. The lowest BCUT2D eigenvalue weighted by Crippen LogP contribution is -2.26. The van der Waals surface area contributed by atoms with Gasteiger partial charge in [0, 0.05) is 11.8 Å². The number of rotatable bonds is 3. The first-order chi connectivity index (χ1) is 10.3. The molecule has 118 valence electrons. The van der Waals surface area contributed by atoms with Gasteiger partial charge < -0.3 is 0 Å². The molecule has 3 rings (SSSR count). The number of benzene rings is 1. The Balaban J connectivity index is 1.97. The second kappa shape index (κ2) is 5.67. The summed E-state index contributed by atoms with van der Waals surface area (Å²) < 4.78 is 0. The van der Waals surface area contributed by atoms with Crippen LogP contribution in [-0.2, 0) is 0 Å². The summed E-state index contributed by atoms with van der Waals surface area (Å²) in [6, 6.07) is 11.2. The van der Waals surface area contributed by atoms with Crippen LogP contribution in [0.1, 0.15) is 38.7 Å². The Morgan fingerprint density at radius 3 is 2.27 bits per heavy atom. The summed E-state index contributed by atoms with van der Waals surface area (Å²) in [5.74, 6) is 4.97. The van der Waals surface area contributed by atoms with Crippen molar-refractivity contribution in [2.75, 3.05) is 0 Å². The molecule has 2 fully saturated rings. The highest BCUT2D eigenvalue weighted by Crippen LogP contribution is 2.64. The standard InChI is InChI=1S/C21H30Si/c1-21(2)19(14-15-22(3,4)5)17-12-9-13-18(17)20(21)16-10-7-6-8-11-16/h6-8,10-11,14-15,17-18H,9,12-13H2,1-5H3/b15-14-. The first kappa shape index (κ1) is 16.0. The van der Waals surface area contributed by atoms with Gasteiger partial charge in [0.05, 0.1) is 8.07 Å². The monoisotopic (exact) mass is 310 g/mol. The number of allylic oxidation sites excluding steroid dienone is 1. The van der Waals surface area contributed by atoms with Crippen LogP contribution in [0.4, 0.5) is 0 Å². The second-order valence-electron chi connectivity index (χ2n) is 8.70. The van der Waals surface area contributed by atoms with Crippen LogP contribution in [0, 0.1) is 29.1 Å². The summed E-state index contributed by atoms with van der Waals surface area (Å²) in [5.41, 5.74) is 4.24. The van der Waals surface area contributed by atoms with Gasteiger partial charge in [-0.05, 0) is 35.7 Å². The zero-order valence-corrected chi connectivity index (χ0v) is 15.8. The van der Waals surface area contributed by atoms with E-state index in [9.17, 15) is 0 Å². The molecular weight excluding hydrogens is 280 g/mol. The van der Waals surface area contributed by atoms with Gasteiger partial charge >= 0.3 is 0 Å². The van der Waals surface area contributed by atoms with E-state index in [4.69, 9.17) is 0 Å². The van der Waals surface area contributed by atoms with Crippen molar-refractivity contribution in [2.24, 2.45) is 17.3 Å². The first-order valence-corrected chi connectivity index (χ1v) is 12.4. The Kier molecular flexibility index (Phi) is 4.14. The summed E-state index contributed by atoms with van der Waals surface area (Å²) in [6.45, 7) is 12.2. The van der Waals surface area contributed by atoms with E-state index < -0.39 is 8.07 Å². The Labute approximate surface area is 138 Å². The van der Waals surface area contributed by atoms with E-state index in [2.05, 4.69) is 75.6 Å². The third-order valence-corrected chi connectivity index (χ3v) is 6.70. The summed E-state index contributed by atoms with van der Waals surface area (Å²) >= 11 is 0. The molecule has 0 spiro atoms. The molecule has 2 aliphatic carbocycles. The number of hydrogen-bond acceptors (Lipinski definition) is 0. The molecule has 2 aliphatic rings. The SMILES string of the molecule is CC1(C)[C](/C=C\[Si](C)(C)C)C2CCCC2[C]1c1ccccc1. The van der Waals surface area contributed by atoms with E-state index in [1.165, 1.54) is 24.8 Å². The minimum absolute atomic E-state index is 0.216. The molecular formula is C21H30Si. The lowest BCUT2D eigenvalue weighted by molar-refractivity contribution is 0.441. The number of hydrogen-bond donors (Lipinski definition) is 0. The maximum absolute atomic E-state index is 2.55. The quantitative estimate of drug-likeness (QED) is 0.594. The molecule has 1 aromatic carbocycles. The molecule has 0 aromatic heterocycles. The van der Waals surface area contributed by atoms with Crippen molar-refractivity contribution in [3.8, 4) is 0 Å². The van der Waals surface area contributed by atoms with E-state index in [0.717, 1.165) is 11.8 Å². The summed E-state index contributed by atoms with van der Waals surface area (Å²) in [7, 11) is -1.14. The molecule has 0 heterocycles. The molecule has 22 heavy (non-hydrogen) atoms. The normalized spacial score (nSPS) is 29.3. The van der Waals surface area contributed by atoms with Gasteiger partial charge in [0.1, 0.15) is 0 Å². The highest BCUT2D eigenvalue weighted by molar-refractivity contribution is 6.81. The molecule has 1 heteroatoms. The Morgan fingerprint density at radius 2 is 1.64 bits per heavy atom. The van der Waals surface area contributed by atoms with E-state index in [1.807, 2.05) is 0 Å². The third kappa shape index (κ3) is 2.85. The maximum atomic E-state index is 2.55. The van der Waals surface area contributed by atoms with Crippen LogP contribution in [-0.4, -0.2) is 8.07 Å². The second-order valence-corrected chi connectivity index (χ2v) is 13.8. The Hall–Kier alpha value is -0.823. The molecule has 2 unspecified atom stereocenters. The van der Waals surface area contributed by atoms with E-state index in [-0.39, 0.29) is 5.41 Å². The fourth-order valence-corrected chi connectivity index (χ4v) is 5.30. The largest absolute Gasteiger partial charge is 0.0983 e. The highest BCUT2D eigenvalue weighted by Gasteiger charge is 2.56. The van der Waals surface area contributed by atoms with Gasteiger partial charge in [-0.1, -0.05) is 82.0 Å². The minimum Gasteiger partial charge on any atom is -0.0983 e. The van der Waals surface area contributed by atoms with E-state index in [1.54, 1.807) is 11.8 Å². The molecule has 0 N–H and O–H groups in total. The molecule has 1 aromatic rings. The van der Waals surface area contributed by atoms with Crippen LogP contribution in [0.3, 0.4) is 0 Å². The van der Waals surface area contributed by atoms with Crippen LogP contribution in [0.5, 0.6) is 0 Å². The summed E-state index contributed by atoms with van der Waals surface area (Å²) in [6.07, 6.45) is 6.69. The van der Waals surface area contributed by atoms with Gasteiger partial charge in [0.15, 0.2) is 0 Å². The molecule has 2 radical (unpaired) electrons. The van der Waals surface area contributed by atoms with Crippen molar-refractivity contribution in [2.45, 2.75) is 52.8 Å². The van der Waals surface area contributed by atoms with Gasteiger partial charge in [0.25, 0.3) is 0 Å². The maximum Gasteiger partial charge on any atom is 0.0683 e. The van der Waals surface area contributed by atoms with Crippen molar-refractivity contribution in [1.29, 1.82) is 0 Å². The van der Waals surface area contributed by atoms with E-state index in [0.29, 0.717) is 0 Å². The Morgan fingerprint density at radius 1 is 1.00 bits per heavy atom. The smallest absolute Gasteiger partial charge is 0.0683 e. The molecule has 2 saturated carbocycles. The lowest BCUT2D eigenvalue weighted by atomic mass is 9.70. The van der Waals surface area contributed by atoms with Crippen LogP contribution < -0.4 is 0 Å². The zero-order valence-electron chi connectivity index (χ0n) is 14.8. The van der Waals surface area contributed by atoms with Crippen molar-refractivity contribution >= 4 is 8.07 Å². The average Bonchev–Trinajstić information content (AvgIpc) is 2.94. The van der Waals surface area contributed by atoms with Gasteiger partial charge in [-0.2, -0.15) is 0 Å². The van der Waals surface area contributed by atoms with Gasteiger partial charge in [0.2, 0.25) is 0 Å². The third-order valence-electron chi connectivity index (χ3n) is 5.53. The fraction of sp³-hybridized carbons (Fsp3) is 0.524. The minimum atomic E-state index is -1.14. The van der Waals surface area contributed by atoms with Crippen molar-refractivity contribution in [3.05, 3.63) is 59.5 Å². The summed E-state index contributed by atoms with van der Waals surface area (Å²) in [5, 5.41) is 0. The van der Waals surface area contributed by atoms with Crippen molar-refractivity contribution in [3.63, 3.8) is 0 Å². The molecule has 0 aliphatic heterocycles. The van der Waals surface area contributed by atoms with Crippen LogP contribution in [0.15, 0.2) is 42.1 Å². The highest BCUT2D eigenvalue weighted by atomic mass is 28.3. The molecule has 0 bridgehead atoms. The zero-order chi connectivity index (χ0) is 16.0. The van der Waals surface area contributed by atoms with Crippen molar-refractivity contribution < 1.29 is 0 Å². The van der Waals surface area contributed by atoms with Crippen LogP contribution in [0.2, 0.25) is 19.6 Å². The fourth-order valence-electron chi connectivity index (χ4n) is 4.62. The molecule has 0 amide bonds. The summed E-state index contributed by atoms with van der Waals surface area (Å²) in [4.78, 5) is 0. The van der Waals surface area contributed by atoms with Crippen LogP contribution >= 0.6 is 0 Å². The van der Waals surface area contributed by atoms with Gasteiger partial charge in [-0.15, -0.1) is 0 Å². The lowest BCUT2D eigenvalue weighted by Gasteiger charge is -2.34. The molecule has 0 nitrogen and oxygen atoms in total.